The van der Waals surface area contributed by atoms with Gasteiger partial charge in [-0.1, -0.05) is 11.6 Å². The van der Waals surface area contributed by atoms with Gasteiger partial charge in [-0.15, -0.1) is 0 Å². The van der Waals surface area contributed by atoms with Crippen LogP contribution in [0.1, 0.15) is 13.3 Å². The molecular weight excluding hydrogens is 102 g/mol. The molecule has 0 amide bonds. The van der Waals surface area contributed by atoms with Crippen LogP contribution in [-0.2, 0) is 0 Å². The summed E-state index contributed by atoms with van der Waals surface area (Å²) in [6.07, 6.45) is 4.67. The van der Waals surface area contributed by atoms with Crippen LogP contribution < -0.4 is 5.84 Å². The standard InChI is InChI=1S/C5H10N3/c1-2-5-7-3-4-8(5)6/h3-5H,2,6H2,1H3/q+1. The molecule has 1 atom stereocenters. The molecule has 1 unspecified atom stereocenters. The topological polar surface area (TPSA) is 41.4 Å². The maximum Gasteiger partial charge on any atom is 0.273 e. The lowest BCUT2D eigenvalue weighted by Crippen LogP contribution is -2.27. The van der Waals surface area contributed by atoms with Gasteiger partial charge in [0.05, 0.1) is 6.21 Å². The van der Waals surface area contributed by atoms with Gasteiger partial charge in [-0.2, -0.15) is 0 Å². The predicted molar refractivity (Wildman–Crippen MR) is 33.1 cm³/mol. The first kappa shape index (κ1) is 5.28. The molecule has 0 aromatic heterocycles. The van der Waals surface area contributed by atoms with Crippen molar-refractivity contribution in [1.82, 2.24) is 0 Å². The molecule has 0 aromatic carbocycles. The molecule has 0 aromatic rings. The molecule has 0 aliphatic carbocycles. The van der Waals surface area contributed by atoms with Gasteiger partial charge in [0.1, 0.15) is 0 Å². The fourth-order valence-electron chi connectivity index (χ4n) is 0.707. The van der Waals surface area contributed by atoms with Crippen LogP contribution in [0.4, 0.5) is 0 Å². The molecule has 1 heterocycles. The van der Waals surface area contributed by atoms with Crippen molar-refractivity contribution in [2.45, 2.75) is 19.5 Å². The van der Waals surface area contributed by atoms with Gasteiger partial charge in [0, 0.05) is 6.42 Å². The van der Waals surface area contributed by atoms with Crippen LogP contribution in [0.2, 0.25) is 0 Å². The molecule has 0 radical (unpaired) electrons. The minimum absolute atomic E-state index is 0.190. The van der Waals surface area contributed by atoms with Crippen LogP contribution in [0.5, 0.6) is 0 Å². The van der Waals surface area contributed by atoms with Gasteiger partial charge in [-0.05, 0) is 0 Å². The Bertz CT molecular complexity index is 137. The zero-order chi connectivity index (χ0) is 5.98. The first-order valence-corrected chi connectivity index (χ1v) is 2.74. The van der Waals surface area contributed by atoms with Crippen LogP contribution in [-0.4, -0.2) is 23.3 Å². The number of hydrogen-bond acceptors (Lipinski definition) is 2. The molecule has 3 heteroatoms. The molecule has 1 rings (SSSR count). The van der Waals surface area contributed by atoms with Crippen molar-refractivity contribution in [3.05, 3.63) is 0 Å². The molecule has 0 saturated carbocycles. The highest BCUT2D eigenvalue weighted by atomic mass is 15.4. The van der Waals surface area contributed by atoms with Crippen LogP contribution in [0, 0.1) is 0 Å². The maximum absolute atomic E-state index is 5.44. The minimum atomic E-state index is 0.190. The molecule has 8 heavy (non-hydrogen) atoms. The fraction of sp³-hybridized carbons (Fsp3) is 0.600. The molecule has 0 spiro atoms. The normalized spacial score (nSPS) is 26.1. The first-order valence-electron chi connectivity index (χ1n) is 2.74. The van der Waals surface area contributed by atoms with E-state index in [2.05, 4.69) is 11.9 Å². The molecular formula is C5H10N3+. The summed E-state index contributed by atoms with van der Waals surface area (Å²) < 4.78 is 1.61. The Morgan fingerprint density at radius 1 is 1.88 bits per heavy atom. The molecule has 44 valence electrons. The van der Waals surface area contributed by atoms with E-state index in [1.807, 2.05) is 0 Å². The zero-order valence-electron chi connectivity index (χ0n) is 4.91. The molecule has 1 aliphatic heterocycles. The summed E-state index contributed by atoms with van der Waals surface area (Å²) in [7, 11) is 0. The summed E-state index contributed by atoms with van der Waals surface area (Å²) in [6, 6.07) is 0. The van der Waals surface area contributed by atoms with Crippen LogP contribution in [0.3, 0.4) is 0 Å². The Kier molecular flexibility index (Phi) is 1.28. The summed E-state index contributed by atoms with van der Waals surface area (Å²) in [5.41, 5.74) is 0. The summed E-state index contributed by atoms with van der Waals surface area (Å²) in [6.45, 7) is 2.06. The summed E-state index contributed by atoms with van der Waals surface area (Å²) in [4.78, 5) is 4.06. The predicted octanol–water partition coefficient (Wildman–Crippen LogP) is -0.236. The van der Waals surface area contributed by atoms with Crippen molar-refractivity contribution in [3.8, 4) is 0 Å². The molecule has 3 nitrogen and oxygen atoms in total. The number of hydrazine groups is 1. The van der Waals surface area contributed by atoms with E-state index in [1.165, 1.54) is 0 Å². The third-order valence-corrected chi connectivity index (χ3v) is 1.21. The summed E-state index contributed by atoms with van der Waals surface area (Å²) in [5.74, 6) is 5.44. The Morgan fingerprint density at radius 2 is 2.62 bits per heavy atom. The average molecular weight is 112 g/mol. The molecule has 0 saturated heterocycles. The van der Waals surface area contributed by atoms with Crippen molar-refractivity contribution >= 4 is 12.4 Å². The highest BCUT2D eigenvalue weighted by Crippen LogP contribution is 1.96. The van der Waals surface area contributed by atoms with Crippen molar-refractivity contribution in [3.63, 3.8) is 0 Å². The molecule has 2 N–H and O–H groups in total. The summed E-state index contributed by atoms with van der Waals surface area (Å²) >= 11 is 0. The van der Waals surface area contributed by atoms with Crippen molar-refractivity contribution in [2.75, 3.05) is 0 Å². The molecule has 0 fully saturated rings. The van der Waals surface area contributed by atoms with Crippen LogP contribution in [0.25, 0.3) is 0 Å². The Labute approximate surface area is 48.5 Å². The fourth-order valence-corrected chi connectivity index (χ4v) is 0.707. The van der Waals surface area contributed by atoms with E-state index < -0.39 is 0 Å². The lowest BCUT2D eigenvalue weighted by atomic mass is 10.4. The van der Waals surface area contributed by atoms with Gasteiger partial charge in [-0.25, -0.2) is 10.8 Å². The van der Waals surface area contributed by atoms with E-state index in [-0.39, 0.29) is 6.17 Å². The van der Waals surface area contributed by atoms with Gasteiger partial charge >= 0.3 is 0 Å². The second kappa shape index (κ2) is 1.94. The Hall–Kier alpha value is -0.860. The van der Waals surface area contributed by atoms with Crippen molar-refractivity contribution in [1.29, 1.82) is 0 Å². The lowest BCUT2D eigenvalue weighted by Gasteiger charge is -1.95. The number of aliphatic imine (C=N–C) groups is 1. The number of hydrazone groups is 1. The third-order valence-electron chi connectivity index (χ3n) is 1.21. The third kappa shape index (κ3) is 0.710. The lowest BCUT2D eigenvalue weighted by molar-refractivity contribution is -0.567. The molecule has 1 aliphatic rings. The monoisotopic (exact) mass is 112 g/mol. The van der Waals surface area contributed by atoms with Crippen LogP contribution in [0.15, 0.2) is 4.99 Å². The average Bonchev–Trinajstić information content (AvgIpc) is 2.14. The van der Waals surface area contributed by atoms with Gasteiger partial charge in [0.2, 0.25) is 6.21 Å². The van der Waals surface area contributed by atoms with Gasteiger partial charge in [0.15, 0.2) is 0 Å². The number of rotatable bonds is 1. The van der Waals surface area contributed by atoms with E-state index in [0.29, 0.717) is 0 Å². The van der Waals surface area contributed by atoms with E-state index in [0.717, 1.165) is 6.42 Å². The number of nitrogens with two attached hydrogens (primary N) is 1. The Morgan fingerprint density at radius 3 is 2.88 bits per heavy atom. The van der Waals surface area contributed by atoms with Crippen LogP contribution >= 0.6 is 0 Å². The largest absolute Gasteiger partial charge is 0.273 e. The molecule has 0 bridgehead atoms. The SMILES string of the molecule is CCC1N=CC=[N+]1N. The van der Waals surface area contributed by atoms with Crippen molar-refractivity contribution < 1.29 is 4.68 Å². The maximum atomic E-state index is 5.44. The van der Waals surface area contributed by atoms with Gasteiger partial charge < -0.3 is 0 Å². The minimum Gasteiger partial charge on any atom is -0.217 e. The van der Waals surface area contributed by atoms with E-state index in [1.54, 1.807) is 17.1 Å². The van der Waals surface area contributed by atoms with E-state index in [4.69, 9.17) is 5.84 Å². The smallest absolute Gasteiger partial charge is 0.217 e. The van der Waals surface area contributed by atoms with E-state index >= 15 is 0 Å². The van der Waals surface area contributed by atoms with E-state index in [9.17, 15) is 0 Å². The number of nitrogens with zero attached hydrogens (tertiary/aromatic N) is 2. The Balaban J connectivity index is 2.58. The zero-order valence-corrected chi connectivity index (χ0v) is 4.91. The highest BCUT2D eigenvalue weighted by Gasteiger charge is 2.16. The quantitative estimate of drug-likeness (QED) is 0.369. The second-order valence-electron chi connectivity index (χ2n) is 1.78. The van der Waals surface area contributed by atoms with Crippen molar-refractivity contribution in [2.24, 2.45) is 10.8 Å². The highest BCUT2D eigenvalue weighted by molar-refractivity contribution is 6.14. The van der Waals surface area contributed by atoms with Gasteiger partial charge in [0.25, 0.3) is 6.17 Å². The second-order valence-corrected chi connectivity index (χ2v) is 1.78. The first-order chi connectivity index (χ1) is 3.84. The summed E-state index contributed by atoms with van der Waals surface area (Å²) in [5, 5.41) is 0. The number of hydrogen-bond donors (Lipinski definition) is 1. The van der Waals surface area contributed by atoms with Gasteiger partial charge in [-0.3, -0.25) is 0 Å².